The van der Waals surface area contributed by atoms with E-state index in [1.54, 1.807) is 0 Å². The van der Waals surface area contributed by atoms with Crippen molar-refractivity contribution in [2.75, 3.05) is 0 Å². The van der Waals surface area contributed by atoms with Crippen LogP contribution >= 0.6 is 0 Å². The van der Waals surface area contributed by atoms with Gasteiger partial charge in [0.15, 0.2) is 6.10 Å². The topological polar surface area (TPSA) is 93.1 Å². The molecule has 128 valence electrons. The van der Waals surface area contributed by atoms with Crippen LogP contribution in [0.2, 0.25) is 0 Å². The van der Waals surface area contributed by atoms with Gasteiger partial charge in [-0.3, -0.25) is 9.59 Å². The van der Waals surface area contributed by atoms with Gasteiger partial charge in [-0.25, -0.2) is 0 Å². The Morgan fingerprint density at radius 2 is 1.59 bits per heavy atom. The minimum Gasteiger partial charge on any atom is -0.452 e. The van der Waals surface area contributed by atoms with Gasteiger partial charge in [0.1, 0.15) is 0 Å². The predicted molar refractivity (Wildman–Crippen MR) is 79.6 cm³/mol. The second-order valence-corrected chi connectivity index (χ2v) is 5.87. The number of unbranched alkanes of at least 4 members (excludes halogenated alkanes) is 5. The van der Waals surface area contributed by atoms with Crippen molar-refractivity contribution >= 4 is 11.9 Å². The molecule has 6 nitrogen and oxygen atoms in total. The van der Waals surface area contributed by atoms with Crippen molar-refractivity contribution in [2.45, 2.75) is 89.6 Å². The van der Waals surface area contributed by atoms with Crippen LogP contribution in [-0.2, 0) is 19.1 Å². The second kappa shape index (κ2) is 9.79. The molecule has 1 rings (SSSR count). The molecule has 0 aromatic rings. The van der Waals surface area contributed by atoms with Gasteiger partial charge < -0.3 is 19.7 Å². The lowest BCUT2D eigenvalue weighted by atomic mass is 10.1. The summed E-state index contributed by atoms with van der Waals surface area (Å²) in [6.07, 6.45) is 6.40. The molecule has 1 saturated heterocycles. The molecule has 1 fully saturated rings. The summed E-state index contributed by atoms with van der Waals surface area (Å²) in [5.41, 5.74) is 0. The quantitative estimate of drug-likeness (QED) is 0.425. The molecule has 0 radical (unpaired) electrons. The van der Waals surface area contributed by atoms with Gasteiger partial charge in [0.25, 0.3) is 0 Å². The van der Waals surface area contributed by atoms with Crippen LogP contribution in [0.4, 0.5) is 0 Å². The van der Waals surface area contributed by atoms with Crippen molar-refractivity contribution in [1.82, 2.24) is 0 Å². The summed E-state index contributed by atoms with van der Waals surface area (Å²) >= 11 is 0. The lowest BCUT2D eigenvalue weighted by molar-refractivity contribution is -0.360. The molecule has 0 aromatic carbocycles. The highest BCUT2D eigenvalue weighted by molar-refractivity contribution is 5.71. The summed E-state index contributed by atoms with van der Waals surface area (Å²) in [5, 5.41) is 19.8. The van der Waals surface area contributed by atoms with Crippen molar-refractivity contribution in [3.8, 4) is 0 Å². The van der Waals surface area contributed by atoms with Crippen molar-refractivity contribution in [1.29, 1.82) is 0 Å². The monoisotopic (exact) mass is 316 g/mol. The summed E-state index contributed by atoms with van der Waals surface area (Å²) in [5.74, 6) is -3.91. The SMILES string of the molecule is CCCCCCCCC1OC(=O)CCCCC(=O)OC1(O)O. The number of ether oxygens (including phenoxy) is 2. The van der Waals surface area contributed by atoms with E-state index in [4.69, 9.17) is 4.74 Å². The van der Waals surface area contributed by atoms with Crippen molar-refractivity contribution in [3.05, 3.63) is 0 Å². The number of carbonyl (C=O) groups is 2. The molecule has 0 aromatic heterocycles. The van der Waals surface area contributed by atoms with Crippen molar-refractivity contribution < 1.29 is 29.3 Å². The van der Waals surface area contributed by atoms with E-state index in [-0.39, 0.29) is 19.3 Å². The lowest BCUT2D eigenvalue weighted by Crippen LogP contribution is -2.49. The summed E-state index contributed by atoms with van der Waals surface area (Å²) in [6, 6.07) is 0. The molecular formula is C16H28O6. The van der Waals surface area contributed by atoms with Gasteiger partial charge in [0.05, 0.1) is 0 Å². The molecule has 1 aliphatic rings. The minimum absolute atomic E-state index is 0.0693. The molecule has 22 heavy (non-hydrogen) atoms. The first-order valence-electron chi connectivity index (χ1n) is 8.31. The van der Waals surface area contributed by atoms with Gasteiger partial charge in [0.2, 0.25) is 0 Å². The van der Waals surface area contributed by atoms with Crippen LogP contribution in [0.5, 0.6) is 0 Å². The van der Waals surface area contributed by atoms with Crippen molar-refractivity contribution in [2.24, 2.45) is 0 Å². The maximum absolute atomic E-state index is 11.7. The number of cyclic esters (lactones) is 2. The Morgan fingerprint density at radius 1 is 1.00 bits per heavy atom. The Labute approximate surface area is 131 Å². The highest BCUT2D eigenvalue weighted by Crippen LogP contribution is 2.23. The average molecular weight is 316 g/mol. The fraction of sp³-hybridized carbons (Fsp3) is 0.875. The van der Waals surface area contributed by atoms with Gasteiger partial charge in [-0.05, 0) is 25.7 Å². The van der Waals surface area contributed by atoms with E-state index >= 15 is 0 Å². The maximum atomic E-state index is 11.7. The summed E-state index contributed by atoms with van der Waals surface area (Å²) < 4.78 is 9.77. The first kappa shape index (κ1) is 18.9. The second-order valence-electron chi connectivity index (χ2n) is 5.87. The van der Waals surface area contributed by atoms with Crippen molar-refractivity contribution in [3.63, 3.8) is 0 Å². The molecule has 0 saturated carbocycles. The average Bonchev–Trinajstić information content (AvgIpc) is 2.44. The predicted octanol–water partition coefficient (Wildman–Crippen LogP) is 2.40. The summed E-state index contributed by atoms with van der Waals surface area (Å²) in [4.78, 5) is 23.2. The number of hydrogen-bond donors (Lipinski definition) is 2. The number of esters is 2. The number of carbonyl (C=O) groups excluding carboxylic acids is 2. The molecule has 6 heteroatoms. The highest BCUT2D eigenvalue weighted by Gasteiger charge is 2.42. The van der Waals surface area contributed by atoms with E-state index in [1.165, 1.54) is 6.42 Å². The molecule has 2 N–H and O–H groups in total. The van der Waals surface area contributed by atoms with E-state index in [2.05, 4.69) is 11.7 Å². The Morgan fingerprint density at radius 3 is 2.27 bits per heavy atom. The number of rotatable bonds is 7. The largest absolute Gasteiger partial charge is 0.452 e. The Balaban J connectivity index is 2.52. The normalized spacial score (nSPS) is 22.8. The Hall–Kier alpha value is -1.14. The molecule has 0 spiro atoms. The third-order valence-electron chi connectivity index (χ3n) is 3.79. The van der Waals surface area contributed by atoms with E-state index in [0.29, 0.717) is 19.3 Å². The third-order valence-corrected chi connectivity index (χ3v) is 3.79. The summed E-state index contributed by atoms with van der Waals surface area (Å²) in [6.45, 7) is 2.14. The van der Waals surface area contributed by atoms with Crippen LogP contribution in [0.3, 0.4) is 0 Å². The van der Waals surface area contributed by atoms with E-state index in [1.807, 2.05) is 0 Å². The fourth-order valence-electron chi connectivity index (χ4n) is 2.47. The highest BCUT2D eigenvalue weighted by atomic mass is 16.8. The molecular weight excluding hydrogens is 288 g/mol. The van der Waals surface area contributed by atoms with Crippen LogP contribution in [0, 0.1) is 0 Å². The van der Waals surface area contributed by atoms with Gasteiger partial charge in [-0.15, -0.1) is 0 Å². The summed E-state index contributed by atoms with van der Waals surface area (Å²) in [7, 11) is 0. The first-order chi connectivity index (χ1) is 10.5. The molecule has 1 atom stereocenters. The van der Waals surface area contributed by atoms with E-state index in [0.717, 1.165) is 25.7 Å². The maximum Gasteiger partial charge on any atom is 0.363 e. The molecule has 0 bridgehead atoms. The molecule has 0 aliphatic carbocycles. The van der Waals surface area contributed by atoms with Gasteiger partial charge in [-0.2, -0.15) is 0 Å². The smallest absolute Gasteiger partial charge is 0.363 e. The molecule has 1 aliphatic heterocycles. The number of hydrogen-bond acceptors (Lipinski definition) is 6. The third kappa shape index (κ3) is 7.22. The van der Waals surface area contributed by atoms with Crippen LogP contribution in [0.1, 0.15) is 77.6 Å². The standard InChI is InChI=1S/C16H28O6/c1-2-3-4-5-6-7-10-13-16(19,20)22-15(18)12-9-8-11-14(17)21-13/h13,19-20H,2-12H2,1H3. The van der Waals surface area contributed by atoms with E-state index < -0.39 is 24.0 Å². The van der Waals surface area contributed by atoms with Crippen LogP contribution in [0.25, 0.3) is 0 Å². The molecule has 0 amide bonds. The zero-order valence-electron chi connectivity index (χ0n) is 13.4. The van der Waals surface area contributed by atoms with Gasteiger partial charge in [0, 0.05) is 12.8 Å². The lowest BCUT2D eigenvalue weighted by Gasteiger charge is -2.30. The Kier molecular flexibility index (Phi) is 8.42. The van der Waals surface area contributed by atoms with Gasteiger partial charge >= 0.3 is 17.9 Å². The zero-order valence-corrected chi connectivity index (χ0v) is 13.4. The van der Waals surface area contributed by atoms with E-state index in [9.17, 15) is 19.8 Å². The molecule has 1 unspecified atom stereocenters. The fourth-order valence-corrected chi connectivity index (χ4v) is 2.47. The molecule has 1 heterocycles. The van der Waals surface area contributed by atoms with Crippen LogP contribution in [0.15, 0.2) is 0 Å². The zero-order chi connectivity index (χ0) is 16.4. The van der Waals surface area contributed by atoms with Crippen LogP contribution in [-0.4, -0.2) is 34.2 Å². The van der Waals surface area contributed by atoms with Crippen LogP contribution < -0.4 is 0 Å². The number of aliphatic hydroxyl groups is 2. The minimum atomic E-state index is -2.74. The van der Waals surface area contributed by atoms with Gasteiger partial charge in [-0.1, -0.05) is 39.0 Å². The Bertz CT molecular complexity index is 353. The first-order valence-corrected chi connectivity index (χ1v) is 8.31.